The van der Waals surface area contributed by atoms with Crippen molar-refractivity contribution < 1.29 is 19.1 Å². The largest absolute Gasteiger partial charge is 0.493 e. The number of nitrogens with zero attached hydrogens (tertiary/aromatic N) is 3. The molecule has 5 atom stereocenters. The lowest BCUT2D eigenvalue weighted by molar-refractivity contribution is -0.145. The molecule has 10 heteroatoms. The number of nitrogens with one attached hydrogen (secondary N) is 3. The Bertz CT molecular complexity index is 994. The van der Waals surface area contributed by atoms with Gasteiger partial charge in [-0.25, -0.2) is 0 Å². The molecule has 3 amide bonds. The third kappa shape index (κ3) is 5.41. The smallest absolute Gasteiger partial charge is 0.247 e. The van der Waals surface area contributed by atoms with Crippen LogP contribution in [-0.2, 0) is 14.4 Å². The van der Waals surface area contributed by atoms with E-state index in [1.54, 1.807) is 18.9 Å². The summed E-state index contributed by atoms with van der Waals surface area (Å²) >= 11 is 0. The third-order valence-corrected chi connectivity index (χ3v) is 7.29. The highest BCUT2D eigenvalue weighted by atomic mass is 16.5. The number of carbonyl (C=O) groups excluding carboxylic acids is 3. The van der Waals surface area contributed by atoms with Crippen molar-refractivity contribution in [3.05, 3.63) is 29.8 Å². The maximum absolute atomic E-state index is 13.8. The molecule has 0 radical (unpaired) electrons. The van der Waals surface area contributed by atoms with E-state index < -0.39 is 18.1 Å². The highest BCUT2D eigenvalue weighted by Gasteiger charge is 2.45. The van der Waals surface area contributed by atoms with Gasteiger partial charge in [-0.2, -0.15) is 5.26 Å². The monoisotopic (exact) mass is 482 g/mol. The summed E-state index contributed by atoms with van der Waals surface area (Å²) in [6.45, 7) is 3.28. The number of para-hydroxylation sites is 1. The predicted octanol–water partition coefficient (Wildman–Crippen LogP) is 0.308. The second kappa shape index (κ2) is 11.1. The van der Waals surface area contributed by atoms with Gasteiger partial charge in [-0.3, -0.25) is 19.3 Å². The third-order valence-electron chi connectivity index (χ3n) is 7.29. The average molecular weight is 483 g/mol. The lowest BCUT2D eigenvalue weighted by Crippen LogP contribution is -2.62. The first kappa shape index (κ1) is 24.9. The van der Waals surface area contributed by atoms with E-state index in [1.165, 1.54) is 0 Å². The molecule has 1 aromatic rings. The number of nitriles is 1. The van der Waals surface area contributed by atoms with Gasteiger partial charge < -0.3 is 25.6 Å². The molecule has 0 aromatic heterocycles. The summed E-state index contributed by atoms with van der Waals surface area (Å²) in [4.78, 5) is 43.5. The van der Waals surface area contributed by atoms with E-state index in [4.69, 9.17) is 4.74 Å². The Balaban J connectivity index is 1.53. The van der Waals surface area contributed by atoms with Crippen molar-refractivity contribution in [1.29, 1.82) is 5.26 Å². The normalized spacial score (nSPS) is 27.3. The van der Waals surface area contributed by atoms with Crippen molar-refractivity contribution in [3.63, 3.8) is 0 Å². The maximum atomic E-state index is 13.8. The van der Waals surface area contributed by atoms with Crippen molar-refractivity contribution in [1.82, 2.24) is 25.8 Å². The van der Waals surface area contributed by atoms with E-state index in [9.17, 15) is 19.6 Å². The van der Waals surface area contributed by atoms with Crippen LogP contribution in [-0.4, -0.2) is 85.0 Å². The molecule has 10 nitrogen and oxygen atoms in total. The molecule has 1 aromatic carbocycles. The molecule has 3 aliphatic rings. The molecule has 3 N–H and O–H groups in total. The number of rotatable bonds is 6. The second-order valence-corrected chi connectivity index (χ2v) is 9.48. The summed E-state index contributed by atoms with van der Waals surface area (Å²) in [6.07, 6.45) is 2.63. The summed E-state index contributed by atoms with van der Waals surface area (Å²) in [5.41, 5.74) is 0.943. The standard InChI is InChI=1S/C25H34N6O4/c1-16(27-2)23(32)29-20-15-30(13-11-26)12-9-17-7-8-21(31(17)25(20)34)24(33)28-19-10-14-35-22-6-4-3-5-18(19)22/h3-6,16-17,19-21,27H,7-10,12-15H2,1-2H3,(H,28,33)(H,29,32)/t16-,17+,19+,20-,21-/m0/s1. The van der Waals surface area contributed by atoms with Crippen molar-refractivity contribution in [2.75, 3.05) is 33.3 Å². The predicted molar refractivity (Wildman–Crippen MR) is 128 cm³/mol. The zero-order chi connectivity index (χ0) is 24.9. The van der Waals surface area contributed by atoms with E-state index in [1.807, 2.05) is 29.2 Å². The van der Waals surface area contributed by atoms with E-state index in [0.717, 1.165) is 11.3 Å². The number of hydrogen-bond acceptors (Lipinski definition) is 7. The summed E-state index contributed by atoms with van der Waals surface area (Å²) in [6, 6.07) is 7.66. The molecular weight excluding hydrogens is 448 g/mol. The van der Waals surface area contributed by atoms with Crippen LogP contribution in [0.4, 0.5) is 0 Å². The fourth-order valence-corrected chi connectivity index (χ4v) is 5.24. The number of ether oxygens (including phenoxy) is 1. The number of hydrogen-bond donors (Lipinski definition) is 3. The molecule has 0 spiro atoms. The lowest BCUT2D eigenvalue weighted by Gasteiger charge is -2.38. The number of carbonyl (C=O) groups is 3. The Morgan fingerprint density at radius 2 is 1.97 bits per heavy atom. The number of fused-ring (bicyclic) bond motifs is 2. The van der Waals surface area contributed by atoms with E-state index in [-0.39, 0.29) is 42.9 Å². The van der Waals surface area contributed by atoms with Crippen LogP contribution in [0.1, 0.15) is 44.2 Å². The van der Waals surface area contributed by atoms with Crippen molar-refractivity contribution in [2.45, 2.75) is 62.8 Å². The topological polar surface area (TPSA) is 127 Å². The molecule has 0 saturated carbocycles. The molecule has 0 aliphatic carbocycles. The first-order valence-electron chi connectivity index (χ1n) is 12.3. The summed E-state index contributed by atoms with van der Waals surface area (Å²) in [7, 11) is 1.68. The van der Waals surface area contributed by atoms with Crippen LogP contribution >= 0.6 is 0 Å². The fourth-order valence-electron chi connectivity index (χ4n) is 5.24. The van der Waals surface area contributed by atoms with Gasteiger partial charge in [0.2, 0.25) is 17.7 Å². The Kier molecular flexibility index (Phi) is 7.88. The van der Waals surface area contributed by atoms with Crippen LogP contribution in [0.25, 0.3) is 0 Å². The van der Waals surface area contributed by atoms with Gasteiger partial charge in [0, 0.05) is 31.1 Å². The lowest BCUT2D eigenvalue weighted by atomic mass is 10.00. The molecule has 0 bridgehead atoms. The molecule has 3 aliphatic heterocycles. The summed E-state index contributed by atoms with van der Waals surface area (Å²) < 4.78 is 5.71. The van der Waals surface area contributed by atoms with E-state index in [2.05, 4.69) is 22.0 Å². The zero-order valence-corrected chi connectivity index (χ0v) is 20.3. The molecule has 188 valence electrons. The average Bonchev–Trinajstić information content (AvgIpc) is 3.29. The Morgan fingerprint density at radius 3 is 2.74 bits per heavy atom. The zero-order valence-electron chi connectivity index (χ0n) is 20.3. The molecule has 2 saturated heterocycles. The molecule has 4 rings (SSSR count). The first-order chi connectivity index (χ1) is 16.9. The van der Waals surface area contributed by atoms with Crippen molar-refractivity contribution in [2.24, 2.45) is 0 Å². The molecule has 3 heterocycles. The van der Waals surface area contributed by atoms with Crippen LogP contribution in [0.15, 0.2) is 24.3 Å². The quantitative estimate of drug-likeness (QED) is 0.498. The number of benzene rings is 1. The van der Waals surface area contributed by atoms with Crippen molar-refractivity contribution in [3.8, 4) is 11.8 Å². The second-order valence-electron chi connectivity index (χ2n) is 9.48. The number of amides is 3. The molecule has 0 unspecified atom stereocenters. The SMILES string of the molecule is CN[C@@H](C)C(=O)N[C@H]1CN(CC#N)CC[C@H]2CC[C@@H](C(=O)N[C@@H]3CCOc4ccccc43)N2C1=O. The van der Waals surface area contributed by atoms with Crippen LogP contribution in [0.5, 0.6) is 5.75 Å². The van der Waals surface area contributed by atoms with E-state index >= 15 is 0 Å². The molecule has 2 fully saturated rings. The fraction of sp³-hybridized carbons (Fsp3) is 0.600. The Hall–Kier alpha value is -3.16. The van der Waals surface area contributed by atoms with Crippen LogP contribution in [0.3, 0.4) is 0 Å². The molecule has 35 heavy (non-hydrogen) atoms. The van der Waals surface area contributed by atoms with Gasteiger partial charge in [0.15, 0.2) is 0 Å². The van der Waals surface area contributed by atoms with Crippen LogP contribution in [0.2, 0.25) is 0 Å². The molecular formula is C25H34N6O4. The number of likely N-dealkylation sites (N-methyl/N-ethyl adjacent to an activating group) is 1. The Morgan fingerprint density at radius 1 is 1.17 bits per heavy atom. The van der Waals surface area contributed by atoms with Gasteiger partial charge in [0.1, 0.15) is 17.8 Å². The van der Waals surface area contributed by atoms with Gasteiger partial charge >= 0.3 is 0 Å². The van der Waals surface area contributed by atoms with Gasteiger partial charge in [0.05, 0.1) is 31.3 Å². The summed E-state index contributed by atoms with van der Waals surface area (Å²) in [5.74, 6) is 0.0404. The van der Waals surface area contributed by atoms with Crippen LogP contribution in [0, 0.1) is 11.3 Å². The van der Waals surface area contributed by atoms with Gasteiger partial charge in [-0.05, 0) is 39.3 Å². The van der Waals surface area contributed by atoms with E-state index in [0.29, 0.717) is 38.8 Å². The minimum Gasteiger partial charge on any atom is -0.493 e. The first-order valence-corrected chi connectivity index (χ1v) is 12.3. The Labute approximate surface area is 206 Å². The van der Waals surface area contributed by atoms with Crippen LogP contribution < -0.4 is 20.7 Å². The van der Waals surface area contributed by atoms with Gasteiger partial charge in [-0.1, -0.05) is 18.2 Å². The maximum Gasteiger partial charge on any atom is 0.247 e. The minimum absolute atomic E-state index is 0.108. The van der Waals surface area contributed by atoms with Gasteiger partial charge in [0.25, 0.3) is 0 Å². The van der Waals surface area contributed by atoms with Crippen molar-refractivity contribution >= 4 is 17.7 Å². The van der Waals surface area contributed by atoms with Gasteiger partial charge in [-0.15, -0.1) is 0 Å². The summed E-state index contributed by atoms with van der Waals surface area (Å²) in [5, 5.41) is 18.1. The highest BCUT2D eigenvalue weighted by molar-refractivity contribution is 5.94. The minimum atomic E-state index is -0.827. The highest BCUT2D eigenvalue weighted by Crippen LogP contribution is 2.33.